The first-order valence-corrected chi connectivity index (χ1v) is 6.83. The average molecular weight is 221 g/mol. The second kappa shape index (κ2) is 3.48. The Kier molecular flexibility index (Phi) is 2.31. The second-order valence-electron chi connectivity index (χ2n) is 6.69. The Morgan fingerprint density at radius 3 is 1.88 bits per heavy atom. The maximum atomic E-state index is 8.27. The van der Waals surface area contributed by atoms with Crippen LogP contribution in [0.4, 0.5) is 0 Å². The minimum atomic E-state index is 0.152. The molecular formula is C14H23NO. The van der Waals surface area contributed by atoms with Crippen LogP contribution in [0.2, 0.25) is 0 Å². The summed E-state index contributed by atoms with van der Waals surface area (Å²) in [6, 6.07) is 0. The molecule has 4 aliphatic rings. The van der Waals surface area contributed by atoms with E-state index in [1.165, 1.54) is 38.5 Å². The van der Waals surface area contributed by atoms with Crippen LogP contribution in [0.3, 0.4) is 0 Å². The molecule has 4 bridgehead atoms. The van der Waals surface area contributed by atoms with E-state index in [1.807, 2.05) is 13.8 Å². The summed E-state index contributed by atoms with van der Waals surface area (Å²) in [5, 5.41) is 8.27. The van der Waals surface area contributed by atoms with Crippen molar-refractivity contribution in [3.63, 3.8) is 0 Å². The summed E-state index contributed by atoms with van der Waals surface area (Å²) in [5.74, 6) is 3.33. The molecule has 0 heterocycles. The summed E-state index contributed by atoms with van der Waals surface area (Å²) in [5.41, 5.74) is 0.152. The number of hydrogen-bond acceptors (Lipinski definition) is 2. The molecule has 0 aromatic heterocycles. The van der Waals surface area contributed by atoms with E-state index >= 15 is 0 Å². The summed E-state index contributed by atoms with van der Waals surface area (Å²) in [6.45, 7) is 4.07. The molecule has 0 radical (unpaired) electrons. The van der Waals surface area contributed by atoms with Crippen molar-refractivity contribution in [2.24, 2.45) is 23.2 Å². The Morgan fingerprint density at radius 1 is 1.06 bits per heavy atom. The molecule has 2 heteroatoms. The lowest BCUT2D eigenvalue weighted by Crippen LogP contribution is -2.50. The molecule has 4 saturated carbocycles. The maximum absolute atomic E-state index is 8.27. The van der Waals surface area contributed by atoms with Crippen LogP contribution in [0, 0.1) is 28.6 Å². The van der Waals surface area contributed by atoms with E-state index < -0.39 is 0 Å². The molecule has 4 fully saturated rings. The highest BCUT2D eigenvalue weighted by molar-refractivity contribution is 5.80. The van der Waals surface area contributed by atoms with E-state index in [4.69, 9.17) is 10.1 Å². The van der Waals surface area contributed by atoms with Gasteiger partial charge < -0.3 is 4.74 Å². The molecule has 4 aliphatic carbocycles. The van der Waals surface area contributed by atoms with Gasteiger partial charge in [-0.3, -0.25) is 5.41 Å². The zero-order valence-corrected chi connectivity index (χ0v) is 10.5. The minimum absolute atomic E-state index is 0.152. The highest BCUT2D eigenvalue weighted by Crippen LogP contribution is 2.60. The van der Waals surface area contributed by atoms with Crippen LogP contribution in [0.15, 0.2) is 0 Å². The summed E-state index contributed by atoms with van der Waals surface area (Å²) < 4.78 is 5.72. The Labute approximate surface area is 98.3 Å². The van der Waals surface area contributed by atoms with Crippen LogP contribution in [0.5, 0.6) is 0 Å². The molecule has 1 N–H and O–H groups in total. The van der Waals surface area contributed by atoms with Gasteiger partial charge in [-0.05, 0) is 70.1 Å². The first kappa shape index (κ1) is 10.6. The first-order chi connectivity index (χ1) is 7.57. The zero-order valence-electron chi connectivity index (χ0n) is 10.5. The van der Waals surface area contributed by atoms with Crippen LogP contribution in [0.25, 0.3) is 0 Å². The molecule has 0 aromatic rings. The van der Waals surface area contributed by atoms with Crippen LogP contribution < -0.4 is 0 Å². The van der Waals surface area contributed by atoms with Crippen LogP contribution in [-0.4, -0.2) is 12.0 Å². The molecule has 0 spiro atoms. The van der Waals surface area contributed by atoms with E-state index in [-0.39, 0.29) is 11.5 Å². The van der Waals surface area contributed by atoms with Gasteiger partial charge >= 0.3 is 0 Å². The van der Waals surface area contributed by atoms with Gasteiger partial charge in [0.1, 0.15) is 0 Å². The highest BCUT2D eigenvalue weighted by atomic mass is 16.5. The van der Waals surface area contributed by atoms with Crippen molar-refractivity contribution < 1.29 is 4.74 Å². The fraction of sp³-hybridized carbons (Fsp3) is 0.929. The monoisotopic (exact) mass is 221 g/mol. The van der Waals surface area contributed by atoms with Gasteiger partial charge in [0.15, 0.2) is 5.90 Å². The van der Waals surface area contributed by atoms with Crippen molar-refractivity contribution in [2.75, 3.05) is 0 Å². The molecule has 0 aliphatic heterocycles. The van der Waals surface area contributed by atoms with E-state index in [2.05, 4.69) is 0 Å². The molecule has 90 valence electrons. The summed E-state index contributed by atoms with van der Waals surface area (Å²) >= 11 is 0. The van der Waals surface area contributed by atoms with E-state index in [1.54, 1.807) is 0 Å². The van der Waals surface area contributed by atoms with Crippen LogP contribution in [0.1, 0.15) is 52.4 Å². The Bertz CT molecular complexity index is 273. The summed E-state index contributed by atoms with van der Waals surface area (Å²) in [7, 11) is 0. The largest absolute Gasteiger partial charge is 0.478 e. The van der Waals surface area contributed by atoms with Crippen molar-refractivity contribution in [1.82, 2.24) is 0 Å². The van der Waals surface area contributed by atoms with E-state index in [9.17, 15) is 0 Å². The van der Waals surface area contributed by atoms with Gasteiger partial charge in [0.05, 0.1) is 6.10 Å². The summed E-state index contributed by atoms with van der Waals surface area (Å²) in [4.78, 5) is 0. The van der Waals surface area contributed by atoms with Gasteiger partial charge in [0.25, 0.3) is 0 Å². The fourth-order valence-electron chi connectivity index (χ4n) is 4.75. The third kappa shape index (κ3) is 1.57. The summed E-state index contributed by atoms with van der Waals surface area (Å²) in [6.07, 6.45) is 8.21. The maximum Gasteiger partial charge on any atom is 0.187 e. The Balaban J connectivity index is 1.80. The standard InChI is InChI=1S/C14H23NO/c1-9(2)16-13(15)14-6-10-3-11(7-14)5-12(4-10)8-14/h9-12,15H,3-8H2,1-2H3. The lowest BCUT2D eigenvalue weighted by molar-refractivity contribution is -0.0283. The normalized spacial score (nSPS) is 45.1. The van der Waals surface area contributed by atoms with Gasteiger partial charge in [0.2, 0.25) is 0 Å². The topological polar surface area (TPSA) is 33.1 Å². The zero-order chi connectivity index (χ0) is 11.3. The predicted molar refractivity (Wildman–Crippen MR) is 64.6 cm³/mol. The molecular weight excluding hydrogens is 198 g/mol. The van der Waals surface area contributed by atoms with E-state index in [0.29, 0.717) is 5.90 Å². The molecule has 4 rings (SSSR count). The van der Waals surface area contributed by atoms with Crippen LogP contribution in [-0.2, 0) is 4.74 Å². The Hall–Kier alpha value is -0.530. The first-order valence-electron chi connectivity index (χ1n) is 6.83. The van der Waals surface area contributed by atoms with Gasteiger partial charge in [-0.1, -0.05) is 0 Å². The molecule has 0 unspecified atom stereocenters. The van der Waals surface area contributed by atoms with Gasteiger partial charge in [0, 0.05) is 5.41 Å². The van der Waals surface area contributed by atoms with Gasteiger partial charge in [-0.25, -0.2) is 0 Å². The molecule has 0 amide bonds. The second-order valence-corrected chi connectivity index (χ2v) is 6.69. The lowest BCUT2D eigenvalue weighted by Gasteiger charge is -2.56. The smallest absolute Gasteiger partial charge is 0.187 e. The predicted octanol–water partition coefficient (Wildman–Crippen LogP) is 3.61. The molecule has 0 saturated heterocycles. The van der Waals surface area contributed by atoms with Crippen molar-refractivity contribution in [3.05, 3.63) is 0 Å². The van der Waals surface area contributed by atoms with Crippen molar-refractivity contribution >= 4 is 5.90 Å². The van der Waals surface area contributed by atoms with Crippen molar-refractivity contribution in [2.45, 2.75) is 58.5 Å². The van der Waals surface area contributed by atoms with E-state index in [0.717, 1.165) is 17.8 Å². The molecule has 0 atom stereocenters. The average Bonchev–Trinajstić information content (AvgIpc) is 2.13. The minimum Gasteiger partial charge on any atom is -0.478 e. The Morgan fingerprint density at radius 2 is 1.50 bits per heavy atom. The number of hydrogen-bond donors (Lipinski definition) is 1. The van der Waals surface area contributed by atoms with Crippen LogP contribution >= 0.6 is 0 Å². The van der Waals surface area contributed by atoms with Gasteiger partial charge in [-0.15, -0.1) is 0 Å². The molecule has 0 aromatic carbocycles. The number of rotatable bonds is 2. The number of ether oxygens (including phenoxy) is 1. The van der Waals surface area contributed by atoms with Gasteiger partial charge in [-0.2, -0.15) is 0 Å². The molecule has 2 nitrogen and oxygen atoms in total. The fourth-order valence-corrected chi connectivity index (χ4v) is 4.75. The van der Waals surface area contributed by atoms with Crippen molar-refractivity contribution in [1.29, 1.82) is 5.41 Å². The third-order valence-electron chi connectivity index (χ3n) is 4.87. The SMILES string of the molecule is CC(C)OC(=N)C12CC3CC(CC(C3)C1)C2. The quantitative estimate of drug-likeness (QED) is 0.561. The number of nitrogens with one attached hydrogen (secondary N) is 1. The third-order valence-corrected chi connectivity index (χ3v) is 4.87. The lowest BCUT2D eigenvalue weighted by atomic mass is 9.49. The highest BCUT2D eigenvalue weighted by Gasteiger charge is 2.53. The van der Waals surface area contributed by atoms with Crippen molar-refractivity contribution in [3.8, 4) is 0 Å². The molecule has 16 heavy (non-hydrogen) atoms.